The Morgan fingerprint density at radius 2 is 2.03 bits per heavy atom. The molecule has 12 heteroatoms. The third kappa shape index (κ3) is 4.94. The van der Waals surface area contributed by atoms with Crippen molar-refractivity contribution in [2.75, 3.05) is 36.3 Å². The molecule has 2 unspecified atom stereocenters. The Morgan fingerprint density at radius 1 is 1.34 bits per heavy atom. The van der Waals surface area contributed by atoms with Gasteiger partial charge >= 0.3 is 0 Å². The van der Waals surface area contributed by atoms with E-state index >= 15 is 4.39 Å². The van der Waals surface area contributed by atoms with Gasteiger partial charge in [-0.05, 0) is 39.4 Å². The van der Waals surface area contributed by atoms with Gasteiger partial charge in [-0.25, -0.2) is 26.6 Å². The zero-order chi connectivity index (χ0) is 23.8. The minimum atomic E-state index is -4.79. The largest absolute Gasteiger partial charge is 0.368 e. The molecule has 2 heterocycles. The lowest BCUT2D eigenvalue weighted by Gasteiger charge is -2.36. The summed E-state index contributed by atoms with van der Waals surface area (Å²) in [5.41, 5.74) is -0.471. The predicted molar refractivity (Wildman–Crippen MR) is 115 cm³/mol. The number of aromatic nitrogens is 1. The number of halogens is 5. The number of rotatable bonds is 7. The number of nitrogens with one attached hydrogen (secondary N) is 1. The number of sulfonamides is 1. The molecule has 1 aromatic heterocycles. The maximum absolute atomic E-state index is 15.0. The van der Waals surface area contributed by atoms with Gasteiger partial charge in [-0.1, -0.05) is 17.7 Å². The molecule has 32 heavy (non-hydrogen) atoms. The normalized spacial score (nSPS) is 20.1. The van der Waals surface area contributed by atoms with Crippen molar-refractivity contribution in [1.29, 1.82) is 0 Å². The summed E-state index contributed by atoms with van der Waals surface area (Å²) >= 11 is 6.12. The fraction of sp³-hybridized carbons (Fsp3) is 0.450. The zero-order valence-electron chi connectivity index (χ0n) is 17.7. The highest BCUT2D eigenvalue weighted by Crippen LogP contribution is 2.39. The van der Waals surface area contributed by atoms with Gasteiger partial charge in [0, 0.05) is 31.2 Å². The summed E-state index contributed by atoms with van der Waals surface area (Å²) < 4.78 is 83.5. The highest BCUT2D eigenvalue weighted by atomic mass is 35.5. The molecule has 1 fully saturated rings. The van der Waals surface area contributed by atoms with Gasteiger partial charge in [0.2, 0.25) is 5.95 Å². The van der Waals surface area contributed by atoms with Crippen LogP contribution in [0.25, 0.3) is 0 Å². The van der Waals surface area contributed by atoms with E-state index in [-0.39, 0.29) is 12.2 Å². The lowest BCUT2D eigenvalue weighted by Crippen LogP contribution is -2.48. The first kappa shape index (κ1) is 24.5. The molecule has 0 radical (unpaired) electrons. The van der Waals surface area contributed by atoms with Crippen molar-refractivity contribution < 1.29 is 26.0 Å². The number of anilines is 2. The van der Waals surface area contributed by atoms with E-state index in [0.717, 1.165) is 18.2 Å². The molecule has 0 saturated carbocycles. The van der Waals surface area contributed by atoms with E-state index in [9.17, 15) is 21.6 Å². The second kappa shape index (κ2) is 9.03. The minimum absolute atomic E-state index is 0.00470. The number of hydrogen-bond donors (Lipinski definition) is 1. The van der Waals surface area contributed by atoms with E-state index in [1.54, 1.807) is 11.9 Å². The topological polar surface area (TPSA) is 65.5 Å². The van der Waals surface area contributed by atoms with Crippen molar-refractivity contribution in [2.45, 2.75) is 36.9 Å². The van der Waals surface area contributed by atoms with Gasteiger partial charge in [0.05, 0.1) is 5.69 Å². The summed E-state index contributed by atoms with van der Waals surface area (Å²) in [6, 6.07) is 4.16. The number of hydrogen-bond acceptors (Lipinski definition) is 5. The van der Waals surface area contributed by atoms with Crippen LogP contribution < -0.4 is 9.62 Å². The Bertz CT molecular complexity index is 1120. The summed E-state index contributed by atoms with van der Waals surface area (Å²) in [4.78, 5) is 5.51. The number of alkyl halides is 1. The first-order valence-corrected chi connectivity index (χ1v) is 11.6. The van der Waals surface area contributed by atoms with E-state index in [2.05, 4.69) is 4.98 Å². The first-order valence-electron chi connectivity index (χ1n) is 9.77. The number of nitrogens with zero attached hydrogens (tertiary/aromatic N) is 3. The van der Waals surface area contributed by atoms with Crippen molar-refractivity contribution >= 4 is 33.1 Å². The molecule has 0 bridgehead atoms. The van der Waals surface area contributed by atoms with Crippen LogP contribution >= 0.6 is 11.6 Å². The Morgan fingerprint density at radius 3 is 2.66 bits per heavy atom. The summed E-state index contributed by atoms with van der Waals surface area (Å²) in [6.45, 7) is 4.24. The van der Waals surface area contributed by atoms with Crippen LogP contribution in [0.4, 0.5) is 29.1 Å². The van der Waals surface area contributed by atoms with E-state index < -0.39 is 55.1 Å². The highest BCUT2D eigenvalue weighted by molar-refractivity contribution is 7.92. The average Bonchev–Trinajstić information content (AvgIpc) is 3.07. The number of pyridine rings is 1. The van der Waals surface area contributed by atoms with Crippen LogP contribution in [-0.4, -0.2) is 56.7 Å². The number of likely N-dealkylation sites (N-methyl/N-ethyl adjacent to an activating group) is 1. The Labute approximate surface area is 189 Å². The van der Waals surface area contributed by atoms with Crippen molar-refractivity contribution in [3.05, 3.63) is 46.9 Å². The highest BCUT2D eigenvalue weighted by Gasteiger charge is 2.39. The lowest BCUT2D eigenvalue weighted by molar-refractivity contribution is 0.122. The van der Waals surface area contributed by atoms with E-state index in [1.807, 2.05) is 16.5 Å². The summed E-state index contributed by atoms with van der Waals surface area (Å²) in [5, 5.41) is -0.565. The molecule has 6 nitrogen and oxygen atoms in total. The van der Waals surface area contributed by atoms with Gasteiger partial charge < -0.3 is 4.90 Å². The first-order chi connectivity index (χ1) is 14.8. The van der Waals surface area contributed by atoms with Crippen LogP contribution in [-0.2, 0) is 10.0 Å². The van der Waals surface area contributed by atoms with E-state index in [1.165, 1.54) is 13.0 Å². The van der Waals surface area contributed by atoms with E-state index in [4.69, 9.17) is 11.6 Å². The van der Waals surface area contributed by atoms with E-state index in [0.29, 0.717) is 19.5 Å². The molecule has 0 spiro atoms. The molecule has 1 aliphatic rings. The van der Waals surface area contributed by atoms with Crippen LogP contribution in [0.3, 0.4) is 0 Å². The van der Waals surface area contributed by atoms with Gasteiger partial charge in [0.1, 0.15) is 22.8 Å². The van der Waals surface area contributed by atoms with Crippen molar-refractivity contribution in [3.63, 3.8) is 0 Å². The summed E-state index contributed by atoms with van der Waals surface area (Å²) in [6.07, 6.45) is -0.461. The molecular weight excluding hydrogens is 472 g/mol. The third-order valence-electron chi connectivity index (χ3n) is 5.56. The predicted octanol–water partition coefficient (Wildman–Crippen LogP) is 4.21. The maximum Gasteiger partial charge on any atom is 0.268 e. The summed E-state index contributed by atoms with van der Waals surface area (Å²) in [5.74, 6) is -4.23. The molecule has 3 rings (SSSR count). The van der Waals surface area contributed by atoms with Crippen LogP contribution in [0, 0.1) is 17.6 Å². The molecule has 176 valence electrons. The maximum atomic E-state index is 15.0. The smallest absolute Gasteiger partial charge is 0.268 e. The average molecular weight is 495 g/mol. The molecule has 0 aliphatic carbocycles. The fourth-order valence-electron chi connectivity index (χ4n) is 3.76. The lowest BCUT2D eigenvalue weighted by atomic mass is 9.99. The Kier molecular flexibility index (Phi) is 6.92. The summed E-state index contributed by atoms with van der Waals surface area (Å²) in [7, 11) is -3.02. The third-order valence-corrected chi connectivity index (χ3v) is 7.31. The molecule has 1 N–H and O–H groups in total. The Balaban J connectivity index is 1.91. The van der Waals surface area contributed by atoms with Crippen molar-refractivity contribution in [2.24, 2.45) is 0 Å². The standard InChI is InChI=1S/C20H23ClF4N4O2S/c1-12(22)10-28(3)20(2)7-8-29(11-20)14-9-13(23)19(18(25)17(14)21)32(30,31)27-16-6-4-5-15(24)26-16/h4-6,9,12H,7-8,10-11H2,1-3H3,(H,26,27). The van der Waals surface area contributed by atoms with Crippen LogP contribution in [0.1, 0.15) is 20.3 Å². The monoisotopic (exact) mass is 494 g/mol. The Hall–Kier alpha value is -2.11. The minimum Gasteiger partial charge on any atom is -0.368 e. The van der Waals surface area contributed by atoms with Gasteiger partial charge in [0.15, 0.2) is 10.7 Å². The van der Waals surface area contributed by atoms with Crippen molar-refractivity contribution in [1.82, 2.24) is 9.88 Å². The van der Waals surface area contributed by atoms with Gasteiger partial charge in [-0.15, -0.1) is 0 Å². The van der Waals surface area contributed by atoms with Gasteiger partial charge in [-0.3, -0.25) is 9.62 Å². The molecule has 2 atom stereocenters. The fourth-order valence-corrected chi connectivity index (χ4v) is 5.23. The van der Waals surface area contributed by atoms with Gasteiger partial charge in [-0.2, -0.15) is 4.39 Å². The second-order valence-corrected chi connectivity index (χ2v) is 10.1. The second-order valence-electron chi connectivity index (χ2n) is 8.12. The molecule has 0 amide bonds. The molecule has 1 aliphatic heterocycles. The molecule has 2 aromatic rings. The zero-order valence-corrected chi connectivity index (χ0v) is 19.2. The SMILES string of the molecule is CC(F)CN(C)C1(C)CCN(c2cc(F)c(S(=O)(=O)Nc3cccc(F)n3)c(F)c2Cl)C1. The molecular formula is C20H23ClF4N4O2S. The van der Waals surface area contributed by atoms with Crippen LogP contribution in [0.15, 0.2) is 29.2 Å². The number of benzene rings is 1. The molecule has 1 aromatic carbocycles. The van der Waals surface area contributed by atoms with Gasteiger partial charge in [0.25, 0.3) is 10.0 Å². The van der Waals surface area contributed by atoms with Crippen molar-refractivity contribution in [3.8, 4) is 0 Å². The quantitative estimate of drug-likeness (QED) is 0.355. The van der Waals surface area contributed by atoms with Crippen LogP contribution in [0.5, 0.6) is 0 Å². The molecule has 1 saturated heterocycles. The van der Waals surface area contributed by atoms with Crippen LogP contribution in [0.2, 0.25) is 5.02 Å².